The zero-order valence-corrected chi connectivity index (χ0v) is 23.2. The lowest BCUT2D eigenvalue weighted by Crippen LogP contribution is -2.54. The van der Waals surface area contributed by atoms with Crippen molar-refractivity contribution in [2.24, 2.45) is 0 Å². The Hall–Kier alpha value is -4.60. The van der Waals surface area contributed by atoms with Crippen LogP contribution >= 0.6 is 0 Å². The number of aromatic nitrogens is 3. The molecule has 1 amide bonds. The fraction of sp³-hybridized carbons (Fsp3) is 0.290. The van der Waals surface area contributed by atoms with Crippen molar-refractivity contribution in [2.75, 3.05) is 24.5 Å². The number of aryl methyl sites for hydroxylation is 2. The summed E-state index contributed by atoms with van der Waals surface area (Å²) in [4.78, 5) is 38.6. The zero-order valence-electron chi connectivity index (χ0n) is 23.2. The lowest BCUT2D eigenvalue weighted by Gasteiger charge is -2.40. The summed E-state index contributed by atoms with van der Waals surface area (Å²) in [6, 6.07) is 10.3. The molecular formula is C31H31F2N5O3. The van der Waals surface area contributed by atoms with Gasteiger partial charge in [-0.05, 0) is 55.7 Å². The first kappa shape index (κ1) is 27.9. The summed E-state index contributed by atoms with van der Waals surface area (Å²) in [5.41, 5.74) is 0.908. The minimum Gasteiger partial charge on any atom is -0.507 e. The van der Waals surface area contributed by atoms with Gasteiger partial charge in [-0.25, -0.2) is 23.1 Å². The molecule has 1 saturated heterocycles. The topological polar surface area (TPSA) is 91.6 Å². The Balaban J connectivity index is 1.82. The number of halogens is 2. The van der Waals surface area contributed by atoms with Crippen LogP contribution in [0.1, 0.15) is 31.4 Å². The maximum atomic E-state index is 15.8. The van der Waals surface area contributed by atoms with E-state index in [1.54, 1.807) is 4.90 Å². The van der Waals surface area contributed by atoms with E-state index < -0.39 is 34.3 Å². The first-order valence-corrected chi connectivity index (χ1v) is 13.5. The van der Waals surface area contributed by atoms with Crippen LogP contribution in [0.3, 0.4) is 0 Å². The van der Waals surface area contributed by atoms with E-state index in [0.717, 1.165) is 23.6 Å². The standard InChI is InChI=1S/C31H31F2N5O3/c1-5-9-20-11-7-10-18(3)28(20)38-30-21(16-23(33)27(34-30)26-22(32)12-8-13-24(26)39)29(35-31(38)41)37-15-14-36(17-19(37)4)25(40)6-2/h6-8,10-13,16,19,39H,2,5,9,14-15,17H2,1,3-4H3/t19-/m0/s1. The molecule has 1 fully saturated rings. The van der Waals surface area contributed by atoms with E-state index >= 15 is 4.39 Å². The Morgan fingerprint density at radius 3 is 2.59 bits per heavy atom. The van der Waals surface area contributed by atoms with Gasteiger partial charge in [-0.1, -0.05) is 44.2 Å². The van der Waals surface area contributed by atoms with Crippen molar-refractivity contribution in [3.05, 3.63) is 88.4 Å². The number of fused-ring (bicyclic) bond motifs is 1. The molecular weight excluding hydrogens is 528 g/mol. The predicted octanol–water partition coefficient (Wildman–Crippen LogP) is 4.92. The van der Waals surface area contributed by atoms with Crippen LogP contribution in [0, 0.1) is 18.6 Å². The van der Waals surface area contributed by atoms with Gasteiger partial charge in [0.15, 0.2) is 11.5 Å². The Morgan fingerprint density at radius 2 is 1.90 bits per heavy atom. The second-order valence-electron chi connectivity index (χ2n) is 10.2. The monoisotopic (exact) mass is 559 g/mol. The van der Waals surface area contributed by atoms with Gasteiger partial charge in [-0.3, -0.25) is 4.79 Å². The minimum atomic E-state index is -0.877. The van der Waals surface area contributed by atoms with Gasteiger partial charge in [0.1, 0.15) is 23.1 Å². The van der Waals surface area contributed by atoms with E-state index in [9.17, 15) is 19.1 Å². The van der Waals surface area contributed by atoms with Crippen LogP contribution in [0.15, 0.2) is 59.9 Å². The summed E-state index contributed by atoms with van der Waals surface area (Å²) in [7, 11) is 0. The van der Waals surface area contributed by atoms with E-state index in [2.05, 4.69) is 16.5 Å². The van der Waals surface area contributed by atoms with Crippen molar-refractivity contribution in [2.45, 2.75) is 39.7 Å². The fourth-order valence-corrected chi connectivity index (χ4v) is 5.56. The van der Waals surface area contributed by atoms with Crippen LogP contribution in [0.25, 0.3) is 28.0 Å². The molecule has 8 nitrogen and oxygen atoms in total. The van der Waals surface area contributed by atoms with Crippen molar-refractivity contribution in [3.8, 4) is 22.7 Å². The van der Waals surface area contributed by atoms with E-state index in [1.165, 1.54) is 28.8 Å². The molecule has 0 unspecified atom stereocenters. The summed E-state index contributed by atoms with van der Waals surface area (Å²) >= 11 is 0. The molecule has 41 heavy (non-hydrogen) atoms. The molecule has 0 spiro atoms. The number of amides is 1. The van der Waals surface area contributed by atoms with Crippen molar-refractivity contribution in [1.82, 2.24) is 19.4 Å². The number of phenolic OH excluding ortho intramolecular Hbond substituents is 1. The maximum Gasteiger partial charge on any atom is 0.355 e. The van der Waals surface area contributed by atoms with Gasteiger partial charge in [0, 0.05) is 25.7 Å². The molecule has 10 heteroatoms. The second-order valence-corrected chi connectivity index (χ2v) is 10.2. The average molecular weight is 560 g/mol. The van der Waals surface area contributed by atoms with Gasteiger partial charge >= 0.3 is 5.69 Å². The highest BCUT2D eigenvalue weighted by atomic mass is 19.1. The number of rotatable bonds is 6. The molecule has 212 valence electrons. The Morgan fingerprint density at radius 1 is 1.15 bits per heavy atom. The number of piperazine rings is 1. The number of anilines is 1. The average Bonchev–Trinajstić information content (AvgIpc) is 2.94. The van der Waals surface area contributed by atoms with Crippen LogP contribution in [0.4, 0.5) is 14.6 Å². The third-order valence-corrected chi connectivity index (χ3v) is 7.48. The lowest BCUT2D eigenvalue weighted by molar-refractivity contribution is -0.126. The second kappa shape index (κ2) is 11.1. The van der Waals surface area contributed by atoms with Crippen molar-refractivity contribution in [3.63, 3.8) is 0 Å². The van der Waals surface area contributed by atoms with Gasteiger partial charge in [-0.2, -0.15) is 4.98 Å². The molecule has 1 aliphatic rings. The van der Waals surface area contributed by atoms with E-state index in [0.29, 0.717) is 31.7 Å². The molecule has 0 aliphatic carbocycles. The number of para-hydroxylation sites is 1. The molecule has 0 radical (unpaired) electrons. The van der Waals surface area contributed by atoms with Gasteiger partial charge in [0.05, 0.1) is 16.6 Å². The number of hydrogen-bond acceptors (Lipinski definition) is 6. The number of benzene rings is 2. The van der Waals surface area contributed by atoms with Crippen molar-refractivity contribution in [1.29, 1.82) is 0 Å². The highest BCUT2D eigenvalue weighted by molar-refractivity contribution is 5.91. The third-order valence-electron chi connectivity index (χ3n) is 7.48. The number of phenols is 1. The molecule has 1 atom stereocenters. The first-order chi connectivity index (χ1) is 19.7. The fourth-order valence-electron chi connectivity index (χ4n) is 5.56. The number of carbonyl (C=O) groups is 1. The van der Waals surface area contributed by atoms with Crippen LogP contribution in [0.5, 0.6) is 5.75 Å². The van der Waals surface area contributed by atoms with E-state index in [1.807, 2.05) is 43.9 Å². The van der Waals surface area contributed by atoms with E-state index in [-0.39, 0.29) is 28.8 Å². The van der Waals surface area contributed by atoms with Crippen LogP contribution in [-0.4, -0.2) is 56.1 Å². The number of aromatic hydroxyl groups is 1. The van der Waals surface area contributed by atoms with Crippen molar-refractivity contribution < 1.29 is 18.7 Å². The van der Waals surface area contributed by atoms with Gasteiger partial charge < -0.3 is 14.9 Å². The number of pyridine rings is 1. The number of nitrogens with zero attached hydrogens (tertiary/aromatic N) is 5. The van der Waals surface area contributed by atoms with E-state index in [4.69, 9.17) is 0 Å². The molecule has 4 aromatic rings. The van der Waals surface area contributed by atoms with Gasteiger partial charge in [-0.15, -0.1) is 0 Å². The zero-order chi connectivity index (χ0) is 29.4. The minimum absolute atomic E-state index is 0.0857. The summed E-state index contributed by atoms with van der Waals surface area (Å²) in [6.07, 6.45) is 2.74. The highest BCUT2D eigenvalue weighted by Gasteiger charge is 2.30. The molecule has 1 aliphatic heterocycles. The van der Waals surface area contributed by atoms with Crippen LogP contribution in [-0.2, 0) is 11.2 Å². The van der Waals surface area contributed by atoms with Gasteiger partial charge in [0.25, 0.3) is 0 Å². The molecule has 0 saturated carbocycles. The largest absolute Gasteiger partial charge is 0.507 e. The first-order valence-electron chi connectivity index (χ1n) is 13.5. The molecule has 1 N–H and O–H groups in total. The molecule has 5 rings (SSSR count). The molecule has 2 aromatic carbocycles. The maximum absolute atomic E-state index is 15.8. The predicted molar refractivity (Wildman–Crippen MR) is 154 cm³/mol. The normalized spacial score (nSPS) is 15.4. The quantitative estimate of drug-likeness (QED) is 0.338. The molecule has 3 heterocycles. The summed E-state index contributed by atoms with van der Waals surface area (Å²) < 4.78 is 32.1. The third kappa shape index (κ3) is 4.94. The highest BCUT2D eigenvalue weighted by Crippen LogP contribution is 2.36. The summed E-state index contributed by atoms with van der Waals surface area (Å²) in [5.74, 6) is -2.18. The van der Waals surface area contributed by atoms with Crippen molar-refractivity contribution >= 4 is 22.8 Å². The number of carbonyl (C=O) groups excluding carboxylic acids is 1. The van der Waals surface area contributed by atoms with Gasteiger partial charge in [0.2, 0.25) is 5.91 Å². The summed E-state index contributed by atoms with van der Waals surface area (Å²) in [5, 5.41) is 10.7. The smallest absolute Gasteiger partial charge is 0.355 e. The summed E-state index contributed by atoms with van der Waals surface area (Å²) in [6.45, 7) is 10.4. The molecule has 2 aromatic heterocycles. The Bertz CT molecular complexity index is 1720. The molecule has 0 bridgehead atoms. The Labute approximate surface area is 236 Å². The van der Waals surface area contributed by atoms with Crippen LogP contribution in [0.2, 0.25) is 0 Å². The SMILES string of the molecule is C=CC(=O)N1CCN(c2nc(=O)n(-c3c(C)cccc3CCC)c3nc(-c4c(O)cccc4F)c(F)cc23)[C@@H](C)C1. The van der Waals surface area contributed by atoms with Crippen LogP contribution < -0.4 is 10.6 Å². The lowest BCUT2D eigenvalue weighted by atomic mass is 10.0. The number of hydrogen-bond donors (Lipinski definition) is 1. The Kier molecular flexibility index (Phi) is 7.57.